The van der Waals surface area contributed by atoms with Gasteiger partial charge in [-0.05, 0) is 47.7 Å². The van der Waals surface area contributed by atoms with Crippen molar-refractivity contribution >= 4 is 15.9 Å². The fourth-order valence-electron chi connectivity index (χ4n) is 2.04. The molecule has 0 aliphatic heterocycles. The predicted molar refractivity (Wildman–Crippen MR) is 89.1 cm³/mol. The van der Waals surface area contributed by atoms with Gasteiger partial charge in [-0.1, -0.05) is 48.0 Å². The van der Waals surface area contributed by atoms with Gasteiger partial charge in [0, 0.05) is 5.33 Å². The van der Waals surface area contributed by atoms with Gasteiger partial charge in [0.15, 0.2) is 0 Å². The lowest BCUT2D eigenvalue weighted by Crippen LogP contribution is -1.94. The molecule has 108 valence electrons. The van der Waals surface area contributed by atoms with Crippen LogP contribution in [0.3, 0.4) is 0 Å². The van der Waals surface area contributed by atoms with Crippen molar-refractivity contribution in [3.63, 3.8) is 0 Å². The Morgan fingerprint density at radius 2 is 1.90 bits per heavy atom. The van der Waals surface area contributed by atoms with Crippen molar-refractivity contribution in [2.75, 3.05) is 0 Å². The summed E-state index contributed by atoms with van der Waals surface area (Å²) < 4.78 is 5.98. The Bertz CT molecular complexity index is 686. The van der Waals surface area contributed by atoms with Crippen LogP contribution < -0.4 is 4.74 Å². The maximum absolute atomic E-state index is 9.28. The molecule has 0 N–H and O–H groups in total. The number of hydrogen-bond acceptors (Lipinski definition) is 2. The summed E-state index contributed by atoms with van der Waals surface area (Å²) >= 11 is 3.40. The number of hydrogen-bond donors (Lipinski definition) is 0. The number of alkyl halides is 1. The maximum Gasteiger partial charge on any atom is 0.145 e. The molecular weight excluding hydrogens is 326 g/mol. The highest BCUT2D eigenvalue weighted by molar-refractivity contribution is 9.08. The number of nitriles is 1. The zero-order valence-corrected chi connectivity index (χ0v) is 14.1. The molecule has 0 amide bonds. The molecule has 0 bridgehead atoms. The van der Waals surface area contributed by atoms with Crippen molar-refractivity contribution in [1.29, 1.82) is 5.26 Å². The molecular formula is C18H18BrNO. The first kappa shape index (κ1) is 15.6. The molecule has 3 heteroatoms. The average molecular weight is 344 g/mol. The molecule has 0 unspecified atom stereocenters. The highest BCUT2D eigenvalue weighted by Crippen LogP contribution is 2.31. The Kier molecular flexibility index (Phi) is 5.03. The lowest BCUT2D eigenvalue weighted by Gasteiger charge is -2.13. The van der Waals surface area contributed by atoms with E-state index in [-0.39, 0.29) is 0 Å². The molecule has 0 atom stereocenters. The van der Waals surface area contributed by atoms with Crippen LogP contribution in [0, 0.1) is 18.3 Å². The third-order valence-corrected chi connectivity index (χ3v) is 4.06. The minimum atomic E-state index is 0.444. The van der Waals surface area contributed by atoms with Crippen LogP contribution in [0.2, 0.25) is 0 Å². The summed E-state index contributed by atoms with van der Waals surface area (Å²) in [5.74, 6) is 1.86. The lowest BCUT2D eigenvalue weighted by atomic mass is 10.0. The third kappa shape index (κ3) is 3.65. The molecule has 21 heavy (non-hydrogen) atoms. The first-order chi connectivity index (χ1) is 10.0. The highest BCUT2D eigenvalue weighted by Gasteiger charge is 2.09. The molecule has 2 aromatic rings. The van der Waals surface area contributed by atoms with Crippen LogP contribution in [0.15, 0.2) is 36.4 Å². The van der Waals surface area contributed by atoms with E-state index in [1.807, 2.05) is 25.1 Å². The van der Waals surface area contributed by atoms with E-state index in [0.29, 0.717) is 17.2 Å². The van der Waals surface area contributed by atoms with Crippen LogP contribution in [0.25, 0.3) is 0 Å². The van der Waals surface area contributed by atoms with Crippen LogP contribution in [0.1, 0.15) is 42.0 Å². The Hall–Kier alpha value is -1.79. The van der Waals surface area contributed by atoms with Gasteiger partial charge in [0.1, 0.15) is 17.6 Å². The van der Waals surface area contributed by atoms with E-state index in [2.05, 4.69) is 54.0 Å². The fourth-order valence-corrected chi connectivity index (χ4v) is 2.39. The molecule has 0 fully saturated rings. The minimum Gasteiger partial charge on any atom is -0.456 e. The summed E-state index contributed by atoms with van der Waals surface area (Å²) in [4.78, 5) is 0. The van der Waals surface area contributed by atoms with E-state index in [1.165, 1.54) is 5.56 Å². The molecule has 0 saturated carbocycles. The normalized spacial score (nSPS) is 10.5. The van der Waals surface area contributed by atoms with E-state index >= 15 is 0 Å². The van der Waals surface area contributed by atoms with Gasteiger partial charge in [-0.25, -0.2) is 0 Å². The number of aryl methyl sites for hydroxylation is 1. The first-order valence-corrected chi connectivity index (χ1v) is 8.04. The van der Waals surface area contributed by atoms with Gasteiger partial charge in [0.05, 0.1) is 5.56 Å². The Morgan fingerprint density at radius 3 is 2.52 bits per heavy atom. The number of rotatable bonds is 4. The molecule has 0 saturated heterocycles. The quantitative estimate of drug-likeness (QED) is 0.669. The number of halogens is 1. The summed E-state index contributed by atoms with van der Waals surface area (Å²) in [7, 11) is 0. The van der Waals surface area contributed by atoms with Crippen molar-refractivity contribution in [3.8, 4) is 17.6 Å². The standard InChI is InChI=1S/C18H18BrNO/c1-12(2)15-6-4-13(3)18(9-15)21-17-7-5-14(10-19)8-16(17)11-20/h4-9,12H,10H2,1-3H3. The van der Waals surface area contributed by atoms with Gasteiger partial charge in [-0.2, -0.15) is 5.26 Å². The average Bonchev–Trinajstić information content (AvgIpc) is 2.49. The van der Waals surface area contributed by atoms with Crippen molar-refractivity contribution in [2.45, 2.75) is 32.0 Å². The molecule has 0 aliphatic carbocycles. The Balaban J connectivity index is 2.38. The van der Waals surface area contributed by atoms with Gasteiger partial charge in [-0.15, -0.1) is 0 Å². The topological polar surface area (TPSA) is 33.0 Å². The maximum atomic E-state index is 9.28. The monoisotopic (exact) mass is 343 g/mol. The van der Waals surface area contributed by atoms with Gasteiger partial charge in [0.2, 0.25) is 0 Å². The van der Waals surface area contributed by atoms with Crippen LogP contribution in [-0.2, 0) is 5.33 Å². The van der Waals surface area contributed by atoms with Crippen LogP contribution >= 0.6 is 15.9 Å². The van der Waals surface area contributed by atoms with Crippen molar-refractivity contribution < 1.29 is 4.74 Å². The van der Waals surface area contributed by atoms with E-state index in [9.17, 15) is 5.26 Å². The Morgan fingerprint density at radius 1 is 1.14 bits per heavy atom. The van der Waals surface area contributed by atoms with Gasteiger partial charge in [0.25, 0.3) is 0 Å². The van der Waals surface area contributed by atoms with Gasteiger partial charge < -0.3 is 4.74 Å². The minimum absolute atomic E-state index is 0.444. The van der Waals surface area contributed by atoms with E-state index in [4.69, 9.17) is 4.74 Å². The molecule has 0 spiro atoms. The molecule has 0 heterocycles. The second-order valence-corrected chi connectivity index (χ2v) is 5.92. The number of ether oxygens (including phenoxy) is 1. The predicted octanol–water partition coefficient (Wildman–Crippen LogP) is 5.68. The number of nitrogens with zero attached hydrogens (tertiary/aromatic N) is 1. The summed E-state index contributed by atoms with van der Waals surface area (Å²) in [6.45, 7) is 6.32. The van der Waals surface area contributed by atoms with Gasteiger partial charge in [-0.3, -0.25) is 0 Å². The zero-order valence-electron chi connectivity index (χ0n) is 12.5. The van der Waals surface area contributed by atoms with Crippen LogP contribution in [0.5, 0.6) is 11.5 Å². The SMILES string of the molecule is Cc1ccc(C(C)C)cc1Oc1ccc(CBr)cc1C#N. The fraction of sp³-hybridized carbons (Fsp3) is 0.278. The molecule has 2 nitrogen and oxygen atoms in total. The molecule has 0 radical (unpaired) electrons. The summed E-state index contributed by atoms with van der Waals surface area (Å²) in [6.07, 6.45) is 0. The largest absolute Gasteiger partial charge is 0.456 e. The molecule has 2 rings (SSSR count). The van der Waals surface area contributed by atoms with Crippen molar-refractivity contribution in [1.82, 2.24) is 0 Å². The highest BCUT2D eigenvalue weighted by atomic mass is 79.9. The summed E-state index contributed by atoms with van der Waals surface area (Å²) in [5.41, 5.74) is 3.91. The smallest absolute Gasteiger partial charge is 0.145 e. The van der Waals surface area contributed by atoms with E-state index in [1.54, 1.807) is 0 Å². The van der Waals surface area contributed by atoms with Crippen molar-refractivity contribution in [3.05, 3.63) is 58.7 Å². The second-order valence-electron chi connectivity index (χ2n) is 5.36. The third-order valence-electron chi connectivity index (χ3n) is 3.42. The first-order valence-electron chi connectivity index (χ1n) is 6.92. The Labute approximate surface area is 134 Å². The zero-order chi connectivity index (χ0) is 15.4. The lowest BCUT2D eigenvalue weighted by molar-refractivity contribution is 0.476. The van der Waals surface area contributed by atoms with Crippen molar-refractivity contribution in [2.24, 2.45) is 0 Å². The summed E-state index contributed by atoms with van der Waals surface area (Å²) in [5, 5.41) is 10.0. The van der Waals surface area contributed by atoms with E-state index < -0.39 is 0 Å². The number of benzene rings is 2. The van der Waals surface area contributed by atoms with Gasteiger partial charge >= 0.3 is 0 Å². The second kappa shape index (κ2) is 6.78. The van der Waals surface area contributed by atoms with E-state index in [0.717, 1.165) is 22.2 Å². The molecule has 2 aromatic carbocycles. The van der Waals surface area contributed by atoms with Crippen LogP contribution in [-0.4, -0.2) is 0 Å². The molecule has 0 aliphatic rings. The summed E-state index contributed by atoms with van der Waals surface area (Å²) in [6, 6.07) is 14.1. The molecule has 0 aromatic heterocycles. The van der Waals surface area contributed by atoms with Crippen LogP contribution in [0.4, 0.5) is 0 Å².